The normalized spacial score (nSPS) is 21.5. The Balaban J connectivity index is 1.76. The molecule has 1 fully saturated rings. The number of hydrogen-bond donors (Lipinski definition) is 2. The lowest BCUT2D eigenvalue weighted by Gasteiger charge is -2.18. The van der Waals surface area contributed by atoms with Crippen molar-refractivity contribution in [3.8, 4) is 17.5 Å². The molecule has 1 aromatic heterocycles. The minimum atomic E-state index is -4.87. The number of fused-ring (bicyclic) bond motifs is 1. The molecule has 4 rings (SSSR count). The monoisotopic (exact) mass is 440 g/mol. The van der Waals surface area contributed by atoms with E-state index in [1.165, 1.54) is 28.6 Å². The van der Waals surface area contributed by atoms with Crippen LogP contribution < -0.4 is 19.7 Å². The molecule has 2 amide bonds. The van der Waals surface area contributed by atoms with Gasteiger partial charge in [-0.1, -0.05) is 6.07 Å². The number of aliphatic hydroxyl groups is 1. The maximum Gasteiger partial charge on any atom is 0.573 e. The number of aliphatic hydroxyl groups excluding tert-OH is 1. The van der Waals surface area contributed by atoms with Gasteiger partial charge in [0.05, 0.1) is 12.6 Å². The number of hydrogen-bond acceptors (Lipinski definition) is 6. The van der Waals surface area contributed by atoms with Gasteiger partial charge < -0.3 is 19.9 Å². The Hall–Kier alpha value is -3.28. The maximum atomic E-state index is 12.7. The molecule has 1 aromatic carbocycles. The predicted molar refractivity (Wildman–Crippen MR) is 100 cm³/mol. The van der Waals surface area contributed by atoms with E-state index in [2.05, 4.69) is 15.0 Å². The van der Waals surface area contributed by atoms with Crippen LogP contribution in [0.15, 0.2) is 24.3 Å². The lowest BCUT2D eigenvalue weighted by molar-refractivity contribution is -0.274. The largest absolute Gasteiger partial charge is 0.573 e. The van der Waals surface area contributed by atoms with Crippen molar-refractivity contribution in [2.24, 2.45) is 0 Å². The first kappa shape index (κ1) is 21.0. The Morgan fingerprint density at radius 1 is 1.23 bits per heavy atom. The molecule has 2 aliphatic rings. The second-order valence-electron chi connectivity index (χ2n) is 7.32. The summed E-state index contributed by atoms with van der Waals surface area (Å²) >= 11 is 0. The Morgan fingerprint density at radius 2 is 1.97 bits per heavy atom. The van der Waals surface area contributed by atoms with E-state index in [9.17, 15) is 27.9 Å². The second-order valence-corrected chi connectivity index (χ2v) is 7.32. The van der Waals surface area contributed by atoms with Crippen molar-refractivity contribution in [3.63, 3.8) is 0 Å². The Labute approximate surface area is 174 Å². The van der Waals surface area contributed by atoms with Crippen molar-refractivity contribution in [1.82, 2.24) is 14.9 Å². The van der Waals surface area contributed by atoms with Gasteiger partial charge in [0.1, 0.15) is 11.5 Å². The maximum absolute atomic E-state index is 12.7. The smallest absolute Gasteiger partial charge is 0.425 e. The Kier molecular flexibility index (Phi) is 5.25. The Bertz CT molecular complexity index is 1020. The number of halogens is 3. The summed E-state index contributed by atoms with van der Waals surface area (Å²) in [6, 6.07) is 4.46. The van der Waals surface area contributed by atoms with Crippen LogP contribution in [0.4, 0.5) is 19.0 Å². The summed E-state index contributed by atoms with van der Waals surface area (Å²) in [6.45, 7) is -0.202. The van der Waals surface area contributed by atoms with Crippen LogP contribution in [-0.4, -0.2) is 52.5 Å². The number of carbonyl (C=O) groups excluding carboxylic acids is 2. The zero-order valence-corrected chi connectivity index (χ0v) is 16.3. The third-order valence-electron chi connectivity index (χ3n) is 5.16. The molecule has 1 saturated carbocycles. The van der Waals surface area contributed by atoms with E-state index in [0.717, 1.165) is 12.1 Å². The van der Waals surface area contributed by atoms with Gasteiger partial charge in [0, 0.05) is 19.2 Å². The van der Waals surface area contributed by atoms with E-state index in [0.29, 0.717) is 19.3 Å². The fraction of sp³-hybridized carbons (Fsp3) is 0.421. The van der Waals surface area contributed by atoms with E-state index >= 15 is 0 Å². The highest BCUT2D eigenvalue weighted by atomic mass is 19.4. The molecule has 9 nitrogen and oxygen atoms in total. The number of amides is 2. The molecular formula is C19H19F3N4O5. The van der Waals surface area contributed by atoms with Crippen LogP contribution in [0, 0.1) is 0 Å². The first-order valence-corrected chi connectivity index (χ1v) is 9.51. The fourth-order valence-corrected chi connectivity index (χ4v) is 3.74. The Morgan fingerprint density at radius 3 is 2.65 bits per heavy atom. The van der Waals surface area contributed by atoms with Crippen molar-refractivity contribution in [1.29, 1.82) is 0 Å². The molecule has 0 spiro atoms. The van der Waals surface area contributed by atoms with Gasteiger partial charge >= 0.3 is 12.4 Å². The number of rotatable bonds is 4. The highest BCUT2D eigenvalue weighted by Gasteiger charge is 2.37. The van der Waals surface area contributed by atoms with Crippen molar-refractivity contribution in [3.05, 3.63) is 30.0 Å². The number of benzene rings is 1. The lowest BCUT2D eigenvalue weighted by atomic mass is 10.2. The number of nitrogens with one attached hydrogen (secondary N) is 1. The van der Waals surface area contributed by atoms with E-state index in [1.54, 1.807) is 0 Å². The van der Waals surface area contributed by atoms with Gasteiger partial charge in [0.15, 0.2) is 11.5 Å². The number of alkyl halides is 3. The molecule has 0 bridgehead atoms. The molecule has 0 radical (unpaired) electrons. The summed E-state index contributed by atoms with van der Waals surface area (Å²) in [5.41, 5.74) is 0.0881. The van der Waals surface area contributed by atoms with E-state index < -0.39 is 30.0 Å². The quantitative estimate of drug-likeness (QED) is 0.756. The first-order valence-electron chi connectivity index (χ1n) is 9.51. The second kappa shape index (κ2) is 7.76. The summed E-state index contributed by atoms with van der Waals surface area (Å²) in [4.78, 5) is 30.4. The zero-order chi connectivity index (χ0) is 22.3. The number of likely N-dealkylation sites (N-methyl/N-ethyl adjacent to an activating group) is 1. The summed E-state index contributed by atoms with van der Waals surface area (Å²) in [7, 11) is 1.46. The molecule has 12 heteroatoms. The van der Waals surface area contributed by atoms with Crippen molar-refractivity contribution in [2.75, 3.05) is 18.5 Å². The van der Waals surface area contributed by atoms with Crippen molar-refractivity contribution >= 4 is 17.6 Å². The molecular weight excluding hydrogens is 421 g/mol. The molecule has 166 valence electrons. The van der Waals surface area contributed by atoms with Crippen LogP contribution in [0.5, 0.6) is 17.5 Å². The number of nitrogens with zero attached hydrogens (tertiary/aromatic N) is 3. The minimum Gasteiger partial charge on any atom is -0.425 e. The molecule has 1 aliphatic heterocycles. The van der Waals surface area contributed by atoms with Crippen LogP contribution >= 0.6 is 0 Å². The first-order chi connectivity index (χ1) is 14.6. The van der Waals surface area contributed by atoms with Crippen molar-refractivity contribution in [2.45, 2.75) is 37.8 Å². The molecule has 0 saturated heterocycles. The van der Waals surface area contributed by atoms with Gasteiger partial charge in [-0.3, -0.25) is 19.1 Å². The van der Waals surface area contributed by atoms with Gasteiger partial charge in [-0.2, -0.15) is 4.98 Å². The van der Waals surface area contributed by atoms with Gasteiger partial charge in [-0.05, 0) is 31.4 Å². The van der Waals surface area contributed by atoms with Gasteiger partial charge in [0.25, 0.3) is 5.91 Å². The van der Waals surface area contributed by atoms with E-state index in [4.69, 9.17) is 4.74 Å². The molecule has 2 N–H and O–H groups in total. The SMILES string of the molecule is CN1C(=O)CNC(=O)c2c1nc(Oc1cccc(OC(F)(F)F)c1)n2[C@H]1CC[C@H](O)C1. The summed E-state index contributed by atoms with van der Waals surface area (Å²) in [5, 5.41) is 12.5. The third-order valence-corrected chi connectivity index (χ3v) is 5.16. The molecule has 0 unspecified atom stereocenters. The highest BCUT2D eigenvalue weighted by Crippen LogP contribution is 2.40. The van der Waals surface area contributed by atoms with Gasteiger partial charge in [-0.25, -0.2) is 0 Å². The van der Waals surface area contributed by atoms with Crippen LogP contribution in [-0.2, 0) is 4.79 Å². The van der Waals surface area contributed by atoms with Crippen LogP contribution in [0.3, 0.4) is 0 Å². The third kappa shape index (κ3) is 4.29. The number of ether oxygens (including phenoxy) is 2. The highest BCUT2D eigenvalue weighted by molar-refractivity contribution is 6.07. The summed E-state index contributed by atoms with van der Waals surface area (Å²) < 4.78 is 48.8. The number of anilines is 1. The summed E-state index contributed by atoms with van der Waals surface area (Å²) in [6.07, 6.45) is -4.07. The predicted octanol–water partition coefficient (Wildman–Crippen LogP) is 2.37. The zero-order valence-electron chi connectivity index (χ0n) is 16.3. The van der Waals surface area contributed by atoms with Crippen molar-refractivity contribution < 1.29 is 37.3 Å². The topological polar surface area (TPSA) is 106 Å². The lowest BCUT2D eigenvalue weighted by Crippen LogP contribution is -2.34. The fourth-order valence-electron chi connectivity index (χ4n) is 3.74. The van der Waals surface area contributed by atoms with E-state index in [1.807, 2.05) is 0 Å². The minimum absolute atomic E-state index is 0.00362. The molecule has 31 heavy (non-hydrogen) atoms. The number of aromatic nitrogens is 2. The molecule has 2 heterocycles. The van der Waals surface area contributed by atoms with Gasteiger partial charge in [-0.15, -0.1) is 13.2 Å². The van der Waals surface area contributed by atoms with Crippen LogP contribution in [0.1, 0.15) is 35.8 Å². The molecule has 2 atom stereocenters. The van der Waals surface area contributed by atoms with E-state index in [-0.39, 0.29) is 35.9 Å². The van der Waals surface area contributed by atoms with Crippen LogP contribution in [0.2, 0.25) is 0 Å². The average Bonchev–Trinajstić information content (AvgIpc) is 3.25. The average molecular weight is 440 g/mol. The van der Waals surface area contributed by atoms with Crippen LogP contribution in [0.25, 0.3) is 0 Å². The number of carbonyl (C=O) groups is 2. The molecule has 1 aliphatic carbocycles. The number of imidazole rings is 1. The summed E-state index contributed by atoms with van der Waals surface area (Å²) in [5.74, 6) is -1.35. The standard InChI is InChI=1S/C19H19F3N4O5/c1-25-14(28)9-23-17(29)15-16(25)24-18(26(15)10-5-6-11(27)7-10)30-12-3-2-4-13(8-12)31-19(20,21)22/h2-4,8,10-11,27H,5-7,9H2,1H3,(H,23,29)/t10-,11-/m0/s1. The van der Waals surface area contributed by atoms with Gasteiger partial charge in [0.2, 0.25) is 5.91 Å². The molecule has 2 aromatic rings.